The minimum absolute atomic E-state index is 0.440. The van der Waals surface area contributed by atoms with Crippen LogP contribution >= 0.6 is 0 Å². The van der Waals surface area contributed by atoms with Gasteiger partial charge in [-0.3, -0.25) is 10.3 Å². The highest BCUT2D eigenvalue weighted by molar-refractivity contribution is 5.82. The van der Waals surface area contributed by atoms with Crippen molar-refractivity contribution in [3.8, 4) is 17.2 Å². The molecular formula is C22H26N2O4. The Balaban J connectivity index is 1.70. The Kier molecular flexibility index (Phi) is 5.15. The summed E-state index contributed by atoms with van der Waals surface area (Å²) in [4.78, 5) is 5.76. The number of rotatable bonds is 9. The van der Waals surface area contributed by atoms with Gasteiger partial charge in [-0.1, -0.05) is 30.3 Å². The zero-order valence-electron chi connectivity index (χ0n) is 16.5. The molecule has 2 aromatic carbocycles. The first kappa shape index (κ1) is 18.7. The lowest BCUT2D eigenvalue weighted by atomic mass is 10.0. The molecule has 4 rings (SSSR count). The first-order chi connectivity index (χ1) is 13.7. The van der Waals surface area contributed by atoms with E-state index in [-0.39, 0.29) is 0 Å². The number of benzene rings is 2. The summed E-state index contributed by atoms with van der Waals surface area (Å²) in [6, 6.07) is 14.1. The summed E-state index contributed by atoms with van der Waals surface area (Å²) >= 11 is 0. The molecule has 2 aliphatic rings. The van der Waals surface area contributed by atoms with Gasteiger partial charge in [-0.15, -0.1) is 0 Å². The average molecular weight is 382 g/mol. The zero-order valence-corrected chi connectivity index (χ0v) is 16.5. The van der Waals surface area contributed by atoms with Crippen LogP contribution in [0.1, 0.15) is 24.0 Å². The van der Waals surface area contributed by atoms with E-state index in [1.807, 2.05) is 37.4 Å². The molecule has 1 aliphatic heterocycles. The van der Waals surface area contributed by atoms with Crippen LogP contribution in [0.2, 0.25) is 0 Å². The fourth-order valence-electron chi connectivity index (χ4n) is 3.69. The molecule has 0 bridgehead atoms. The van der Waals surface area contributed by atoms with Crippen LogP contribution in [0.25, 0.3) is 5.70 Å². The van der Waals surface area contributed by atoms with Crippen molar-refractivity contribution in [3.05, 3.63) is 59.2 Å². The van der Waals surface area contributed by atoms with Gasteiger partial charge in [-0.2, -0.15) is 0 Å². The molecule has 0 amide bonds. The van der Waals surface area contributed by atoms with Gasteiger partial charge < -0.3 is 19.5 Å². The summed E-state index contributed by atoms with van der Waals surface area (Å²) in [5, 5.41) is 3.12. The molecule has 28 heavy (non-hydrogen) atoms. The normalized spacial score (nSPS) is 19.4. The maximum atomic E-state index is 6.50. The average Bonchev–Trinajstić information content (AvgIpc) is 3.48. The van der Waals surface area contributed by atoms with Crippen molar-refractivity contribution in [2.24, 2.45) is 0 Å². The predicted octanol–water partition coefficient (Wildman–Crippen LogP) is 3.24. The van der Waals surface area contributed by atoms with Crippen LogP contribution in [0, 0.1) is 0 Å². The molecule has 2 N–H and O–H groups in total. The first-order valence-electron chi connectivity index (χ1n) is 9.50. The second kappa shape index (κ2) is 7.73. The Morgan fingerprint density at radius 1 is 1.07 bits per heavy atom. The highest BCUT2D eigenvalue weighted by atomic mass is 16.6. The summed E-state index contributed by atoms with van der Waals surface area (Å²) < 4.78 is 17.5. The van der Waals surface area contributed by atoms with E-state index in [1.165, 1.54) is 5.57 Å². The second-order valence-corrected chi connectivity index (χ2v) is 6.94. The maximum absolute atomic E-state index is 6.50. The van der Waals surface area contributed by atoms with E-state index >= 15 is 0 Å². The lowest BCUT2D eigenvalue weighted by Crippen LogP contribution is -2.25. The molecule has 1 unspecified atom stereocenters. The largest absolute Gasteiger partial charge is 0.493 e. The lowest BCUT2D eigenvalue weighted by molar-refractivity contribution is 0.0748. The molecular weight excluding hydrogens is 356 g/mol. The standard InChI is InChI=1S/C22H26N2O4/c1-23-10-7-11-27-24-21-16-12-19(25-2)20(26-3)13-18(16)28-22(14-17(21)22)15-8-5-4-6-9-15/h4-6,8-9,12-13,23-24H,7,10-11,14H2,1-3H3. The topological polar surface area (TPSA) is 61.0 Å². The van der Waals surface area contributed by atoms with Crippen LogP contribution in [0.5, 0.6) is 17.2 Å². The van der Waals surface area contributed by atoms with E-state index in [9.17, 15) is 0 Å². The van der Waals surface area contributed by atoms with Crippen molar-refractivity contribution >= 4 is 5.70 Å². The van der Waals surface area contributed by atoms with Gasteiger partial charge in [-0.05, 0) is 26.1 Å². The van der Waals surface area contributed by atoms with Gasteiger partial charge in [0.1, 0.15) is 5.75 Å². The van der Waals surface area contributed by atoms with Gasteiger partial charge in [0.25, 0.3) is 0 Å². The summed E-state index contributed by atoms with van der Waals surface area (Å²) in [6.07, 6.45) is 1.74. The molecule has 2 aromatic rings. The summed E-state index contributed by atoms with van der Waals surface area (Å²) in [5.74, 6) is 2.06. The van der Waals surface area contributed by atoms with Crippen LogP contribution in [0.15, 0.2) is 48.0 Å². The predicted molar refractivity (Wildman–Crippen MR) is 107 cm³/mol. The molecule has 1 fully saturated rings. The number of hydrogen-bond acceptors (Lipinski definition) is 6. The minimum atomic E-state index is -0.440. The Morgan fingerprint density at radius 2 is 1.82 bits per heavy atom. The van der Waals surface area contributed by atoms with Crippen LogP contribution in [-0.4, -0.2) is 34.4 Å². The second-order valence-electron chi connectivity index (χ2n) is 6.94. The number of methoxy groups -OCH3 is 2. The molecule has 1 atom stereocenters. The molecule has 1 saturated carbocycles. The molecule has 1 aliphatic carbocycles. The summed E-state index contributed by atoms with van der Waals surface area (Å²) in [6.45, 7) is 1.52. The highest BCUT2D eigenvalue weighted by Crippen LogP contribution is 2.61. The third-order valence-electron chi connectivity index (χ3n) is 5.22. The number of fused-ring (bicyclic) bond motifs is 2. The Bertz CT molecular complexity index is 882. The van der Waals surface area contributed by atoms with E-state index in [0.717, 1.165) is 42.0 Å². The van der Waals surface area contributed by atoms with E-state index in [0.29, 0.717) is 18.1 Å². The van der Waals surface area contributed by atoms with Gasteiger partial charge in [0.15, 0.2) is 17.1 Å². The van der Waals surface area contributed by atoms with Gasteiger partial charge in [-0.25, -0.2) is 0 Å². The molecule has 1 heterocycles. The van der Waals surface area contributed by atoms with E-state index in [4.69, 9.17) is 19.0 Å². The Hall–Kier alpha value is -2.70. The van der Waals surface area contributed by atoms with Crippen LogP contribution in [0.4, 0.5) is 0 Å². The minimum Gasteiger partial charge on any atom is -0.493 e. The quantitative estimate of drug-likeness (QED) is 0.513. The first-order valence-corrected chi connectivity index (χ1v) is 9.50. The SMILES string of the molecule is CNCCCONC1=C2CC2(c2ccccc2)Oc2cc(OC)c(OC)cc21. The molecule has 0 saturated heterocycles. The van der Waals surface area contributed by atoms with E-state index < -0.39 is 5.60 Å². The Labute approximate surface area is 165 Å². The number of nitrogens with one attached hydrogen (secondary N) is 2. The fraction of sp³-hybridized carbons (Fsp3) is 0.364. The Morgan fingerprint density at radius 3 is 2.54 bits per heavy atom. The van der Waals surface area contributed by atoms with Gasteiger partial charge in [0.05, 0.1) is 26.5 Å². The van der Waals surface area contributed by atoms with Gasteiger partial charge in [0, 0.05) is 29.2 Å². The van der Waals surface area contributed by atoms with Crippen molar-refractivity contribution in [2.45, 2.75) is 18.4 Å². The zero-order chi connectivity index (χ0) is 19.6. The van der Waals surface area contributed by atoms with Gasteiger partial charge in [0.2, 0.25) is 0 Å². The molecule has 0 spiro atoms. The highest BCUT2D eigenvalue weighted by Gasteiger charge is 2.58. The number of hydroxylamine groups is 1. The molecule has 148 valence electrons. The fourth-order valence-corrected chi connectivity index (χ4v) is 3.69. The third kappa shape index (κ3) is 3.19. The van der Waals surface area contributed by atoms with E-state index in [2.05, 4.69) is 22.9 Å². The lowest BCUT2D eigenvalue weighted by Gasteiger charge is -2.27. The number of ether oxygens (including phenoxy) is 3. The van der Waals surface area contributed by atoms with Crippen molar-refractivity contribution in [3.63, 3.8) is 0 Å². The van der Waals surface area contributed by atoms with E-state index in [1.54, 1.807) is 14.2 Å². The maximum Gasteiger partial charge on any atom is 0.164 e. The molecule has 0 radical (unpaired) electrons. The molecule has 6 nitrogen and oxygen atoms in total. The van der Waals surface area contributed by atoms with Crippen molar-refractivity contribution in [1.29, 1.82) is 0 Å². The third-order valence-corrected chi connectivity index (χ3v) is 5.22. The monoisotopic (exact) mass is 382 g/mol. The van der Waals surface area contributed by atoms with Gasteiger partial charge >= 0.3 is 0 Å². The van der Waals surface area contributed by atoms with Crippen LogP contribution in [0.3, 0.4) is 0 Å². The number of hydrogen-bond donors (Lipinski definition) is 2. The smallest absolute Gasteiger partial charge is 0.164 e. The van der Waals surface area contributed by atoms with Crippen LogP contribution < -0.4 is 25.0 Å². The summed E-state index contributed by atoms with van der Waals surface area (Å²) in [7, 11) is 5.20. The molecule has 6 heteroatoms. The van der Waals surface area contributed by atoms with Crippen molar-refractivity contribution in [2.75, 3.05) is 34.4 Å². The van der Waals surface area contributed by atoms with Crippen LogP contribution in [-0.2, 0) is 10.4 Å². The summed E-state index contributed by atoms with van der Waals surface area (Å²) in [5.41, 5.74) is 6.95. The molecule has 0 aromatic heterocycles. The van der Waals surface area contributed by atoms with Crippen molar-refractivity contribution in [1.82, 2.24) is 10.8 Å². The van der Waals surface area contributed by atoms with Crippen molar-refractivity contribution < 1.29 is 19.0 Å².